The van der Waals surface area contributed by atoms with Gasteiger partial charge < -0.3 is 18.8 Å². The Morgan fingerprint density at radius 1 is 1.03 bits per heavy atom. The molecule has 4 rings (SSSR count). The summed E-state index contributed by atoms with van der Waals surface area (Å²) in [4.78, 5) is 23.6. The monoisotopic (exact) mass is 418 g/mol. The zero-order chi connectivity index (χ0) is 22.0. The Labute approximate surface area is 182 Å². The van der Waals surface area contributed by atoms with Crippen molar-refractivity contribution in [2.45, 2.75) is 57.7 Å². The van der Waals surface area contributed by atoms with Crippen LogP contribution in [0.3, 0.4) is 0 Å². The number of aldehydes is 1. The van der Waals surface area contributed by atoms with Gasteiger partial charge in [0.15, 0.2) is 0 Å². The molecule has 0 amide bonds. The maximum Gasteiger partial charge on any atom is 0.462 e. The highest BCUT2D eigenvalue weighted by Gasteiger charge is 2.35. The molecule has 0 aromatic heterocycles. The molecule has 2 atom stereocenters. The molecule has 1 aliphatic rings. The molecule has 3 aromatic carbocycles. The lowest BCUT2D eigenvalue weighted by molar-refractivity contribution is -0.158. The fourth-order valence-electron chi connectivity index (χ4n) is 4.01. The quantitative estimate of drug-likeness (QED) is 0.261. The van der Waals surface area contributed by atoms with Crippen LogP contribution in [0.25, 0.3) is 21.5 Å². The zero-order valence-corrected chi connectivity index (χ0v) is 18.2. The molecule has 1 saturated heterocycles. The maximum absolute atomic E-state index is 12.2. The van der Waals surface area contributed by atoms with Crippen LogP contribution in [0.15, 0.2) is 54.6 Å². The average Bonchev–Trinajstić information content (AvgIpc) is 2.70. The number of rotatable bonds is 5. The molecule has 0 saturated carbocycles. The van der Waals surface area contributed by atoms with Crippen LogP contribution in [0.2, 0.25) is 0 Å². The van der Waals surface area contributed by atoms with Gasteiger partial charge in [-0.3, -0.25) is 4.79 Å². The van der Waals surface area contributed by atoms with Crippen molar-refractivity contribution in [2.75, 3.05) is 0 Å². The van der Waals surface area contributed by atoms with Crippen LogP contribution in [0, 0.1) is 0 Å². The van der Waals surface area contributed by atoms with Crippen LogP contribution >= 0.6 is 0 Å². The van der Waals surface area contributed by atoms with E-state index in [1.54, 1.807) is 0 Å². The Balaban J connectivity index is 1.49. The third kappa shape index (κ3) is 5.52. The van der Waals surface area contributed by atoms with Gasteiger partial charge in [-0.05, 0) is 60.0 Å². The van der Waals surface area contributed by atoms with Crippen molar-refractivity contribution < 1.29 is 23.6 Å². The van der Waals surface area contributed by atoms with E-state index in [-0.39, 0.29) is 12.4 Å². The van der Waals surface area contributed by atoms with Crippen molar-refractivity contribution in [3.8, 4) is 0 Å². The highest BCUT2D eigenvalue weighted by atomic mass is 16.6. The van der Waals surface area contributed by atoms with Gasteiger partial charge in [0.25, 0.3) is 0 Å². The third-order valence-electron chi connectivity index (χ3n) is 5.30. The maximum atomic E-state index is 12.2. The molecule has 3 aromatic rings. The van der Waals surface area contributed by atoms with Crippen molar-refractivity contribution in [2.24, 2.45) is 0 Å². The number of carbonyl (C=O) groups is 2. The summed E-state index contributed by atoms with van der Waals surface area (Å²) in [5.74, 6) is -0.333. The van der Waals surface area contributed by atoms with Gasteiger partial charge in [-0.15, -0.1) is 0 Å². The molecule has 0 unspecified atom stereocenters. The van der Waals surface area contributed by atoms with Gasteiger partial charge in [-0.2, -0.15) is 0 Å². The number of carbonyl (C=O) groups excluding carboxylic acids is 2. The third-order valence-corrected chi connectivity index (χ3v) is 5.30. The van der Waals surface area contributed by atoms with E-state index in [9.17, 15) is 9.59 Å². The first kappa shape index (κ1) is 21.5. The first-order valence-electron chi connectivity index (χ1n) is 10.7. The van der Waals surface area contributed by atoms with Crippen LogP contribution in [0.4, 0.5) is 0 Å². The Bertz CT molecular complexity index is 1100. The average molecular weight is 418 g/mol. The number of ether oxygens (including phenoxy) is 1. The van der Waals surface area contributed by atoms with Crippen LogP contribution in [-0.2, 0) is 30.0 Å². The number of hydrogen-bond donors (Lipinski definition) is 0. The van der Waals surface area contributed by atoms with E-state index in [0.29, 0.717) is 12.7 Å². The standard InChI is InChI=1S/C25H27BO5/c1-25(2,3)29-24(28)14-22-13-23(16-27)31-26(30-22)15-17-8-9-20-11-18-6-4-5-7-19(18)12-21(20)10-17/h4-12,16,22-23H,13-15H2,1-3H3/t22-,23+/m1/s1. The highest BCUT2D eigenvalue weighted by molar-refractivity contribution is 6.44. The molecule has 160 valence electrons. The lowest BCUT2D eigenvalue weighted by Gasteiger charge is -2.32. The molecule has 1 aliphatic heterocycles. The summed E-state index contributed by atoms with van der Waals surface area (Å²) >= 11 is 0. The molecule has 6 heteroatoms. The van der Waals surface area contributed by atoms with E-state index in [2.05, 4.69) is 42.5 Å². The topological polar surface area (TPSA) is 61.8 Å². The molecule has 0 N–H and O–H groups in total. The van der Waals surface area contributed by atoms with Gasteiger partial charge in [0, 0.05) is 12.7 Å². The minimum absolute atomic E-state index is 0.102. The van der Waals surface area contributed by atoms with Gasteiger partial charge in [0.1, 0.15) is 18.0 Å². The lowest BCUT2D eigenvalue weighted by atomic mass is 9.77. The molecule has 0 bridgehead atoms. The van der Waals surface area contributed by atoms with Crippen LogP contribution in [-0.4, -0.2) is 37.2 Å². The first-order chi connectivity index (χ1) is 14.8. The molecular formula is C25H27BO5. The van der Waals surface area contributed by atoms with E-state index in [1.165, 1.54) is 16.2 Å². The molecule has 0 spiro atoms. The lowest BCUT2D eigenvalue weighted by Crippen LogP contribution is -2.44. The van der Waals surface area contributed by atoms with E-state index in [1.807, 2.05) is 32.9 Å². The molecular weight excluding hydrogens is 391 g/mol. The van der Waals surface area contributed by atoms with Gasteiger partial charge in [-0.25, -0.2) is 0 Å². The second-order valence-electron chi connectivity index (χ2n) is 9.11. The van der Waals surface area contributed by atoms with E-state index < -0.39 is 24.9 Å². The summed E-state index contributed by atoms with van der Waals surface area (Å²) < 4.78 is 17.2. The summed E-state index contributed by atoms with van der Waals surface area (Å²) in [6.07, 6.45) is 0.736. The van der Waals surface area contributed by atoms with Gasteiger partial charge in [0.05, 0.1) is 12.5 Å². The number of hydrogen-bond acceptors (Lipinski definition) is 5. The van der Waals surface area contributed by atoms with Crippen LogP contribution in [0.5, 0.6) is 0 Å². The predicted octanol–water partition coefficient (Wildman–Crippen LogP) is 4.67. The number of benzene rings is 3. The smallest absolute Gasteiger partial charge is 0.460 e. The summed E-state index contributed by atoms with van der Waals surface area (Å²) in [6.45, 7) is 5.49. The van der Waals surface area contributed by atoms with Crippen molar-refractivity contribution >= 4 is 40.9 Å². The number of fused-ring (bicyclic) bond motifs is 2. The molecule has 0 aliphatic carbocycles. The largest absolute Gasteiger partial charge is 0.462 e. The van der Waals surface area contributed by atoms with E-state index in [0.717, 1.165) is 17.2 Å². The minimum Gasteiger partial charge on any atom is -0.460 e. The Morgan fingerprint density at radius 2 is 1.71 bits per heavy atom. The zero-order valence-electron chi connectivity index (χ0n) is 18.2. The molecule has 0 radical (unpaired) electrons. The second kappa shape index (κ2) is 8.81. The van der Waals surface area contributed by atoms with Gasteiger partial charge in [-0.1, -0.05) is 42.5 Å². The van der Waals surface area contributed by atoms with Crippen LogP contribution < -0.4 is 0 Å². The SMILES string of the molecule is CC(C)(C)OC(=O)C[C@H]1C[C@@H](C=O)OB(Cc2ccc3cc4ccccc4cc3c2)O1. The summed E-state index contributed by atoms with van der Waals surface area (Å²) in [5, 5.41) is 4.71. The Morgan fingerprint density at radius 3 is 2.39 bits per heavy atom. The first-order valence-corrected chi connectivity index (χ1v) is 10.7. The predicted molar refractivity (Wildman–Crippen MR) is 122 cm³/mol. The fraction of sp³-hybridized carbons (Fsp3) is 0.360. The van der Waals surface area contributed by atoms with Gasteiger partial charge >= 0.3 is 13.1 Å². The summed E-state index contributed by atoms with van der Waals surface area (Å²) in [6, 6.07) is 18.9. The summed E-state index contributed by atoms with van der Waals surface area (Å²) in [7, 11) is -0.589. The molecule has 5 nitrogen and oxygen atoms in total. The fourth-order valence-corrected chi connectivity index (χ4v) is 4.01. The Kier molecular flexibility index (Phi) is 6.12. The minimum atomic E-state index is -0.589. The van der Waals surface area contributed by atoms with E-state index in [4.69, 9.17) is 14.0 Å². The number of esters is 1. The van der Waals surface area contributed by atoms with E-state index >= 15 is 0 Å². The molecule has 1 heterocycles. The Hall–Kier alpha value is -2.70. The highest BCUT2D eigenvalue weighted by Crippen LogP contribution is 2.26. The summed E-state index contributed by atoms with van der Waals surface area (Å²) in [5.41, 5.74) is 0.497. The van der Waals surface area contributed by atoms with Crippen molar-refractivity contribution in [3.63, 3.8) is 0 Å². The van der Waals surface area contributed by atoms with Crippen molar-refractivity contribution in [1.82, 2.24) is 0 Å². The molecule has 31 heavy (non-hydrogen) atoms. The second-order valence-corrected chi connectivity index (χ2v) is 9.11. The van der Waals surface area contributed by atoms with Crippen molar-refractivity contribution in [1.29, 1.82) is 0 Å². The molecule has 1 fully saturated rings. The van der Waals surface area contributed by atoms with Crippen molar-refractivity contribution in [3.05, 3.63) is 60.2 Å². The van der Waals surface area contributed by atoms with Gasteiger partial charge in [0.2, 0.25) is 0 Å². The normalized spacial score (nSPS) is 19.5. The van der Waals surface area contributed by atoms with Crippen LogP contribution in [0.1, 0.15) is 39.2 Å².